The number of nitrogens with one attached hydrogen (secondary N) is 2. The number of fused-ring (bicyclic) bond motifs is 1. The van der Waals surface area contributed by atoms with Crippen LogP contribution in [0.2, 0.25) is 0 Å². The number of benzene rings is 2. The molecule has 33 heavy (non-hydrogen) atoms. The topological polar surface area (TPSA) is 166 Å². The van der Waals surface area contributed by atoms with Crippen LogP contribution in [0.4, 0.5) is 11.4 Å². The summed E-state index contributed by atoms with van der Waals surface area (Å²) in [6.45, 7) is 2.67. The van der Waals surface area contributed by atoms with E-state index < -0.39 is 44.7 Å². The molecule has 1 aliphatic heterocycles. The van der Waals surface area contributed by atoms with Gasteiger partial charge in [0, 0.05) is 5.56 Å². The van der Waals surface area contributed by atoms with Crippen molar-refractivity contribution in [2.75, 3.05) is 12.4 Å². The van der Waals surface area contributed by atoms with Crippen molar-refractivity contribution in [2.45, 2.75) is 30.9 Å². The van der Waals surface area contributed by atoms with Crippen LogP contribution < -0.4 is 14.8 Å². The van der Waals surface area contributed by atoms with Crippen molar-refractivity contribution >= 4 is 39.1 Å². The highest BCUT2D eigenvalue weighted by Crippen LogP contribution is 2.29. The van der Waals surface area contributed by atoms with Crippen molar-refractivity contribution in [3.63, 3.8) is 0 Å². The number of esters is 1. The molecule has 0 saturated heterocycles. The van der Waals surface area contributed by atoms with E-state index in [0.717, 1.165) is 6.07 Å². The average Bonchev–Trinajstić information content (AvgIpc) is 3.03. The molecule has 0 fully saturated rings. The number of hydrogen-bond donors (Lipinski definition) is 2. The van der Waals surface area contributed by atoms with Crippen molar-refractivity contribution in [3.8, 4) is 5.75 Å². The smallest absolute Gasteiger partial charge is 0.331 e. The van der Waals surface area contributed by atoms with E-state index in [-0.39, 0.29) is 22.2 Å². The van der Waals surface area contributed by atoms with Crippen LogP contribution in [0, 0.1) is 10.1 Å². The van der Waals surface area contributed by atoms with Crippen molar-refractivity contribution in [2.24, 2.45) is 4.99 Å². The highest BCUT2D eigenvalue weighted by Gasteiger charge is 2.32. The molecule has 0 aromatic heterocycles. The van der Waals surface area contributed by atoms with E-state index in [0.29, 0.717) is 5.56 Å². The Bertz CT molecular complexity index is 1260. The highest BCUT2D eigenvalue weighted by molar-refractivity contribution is 7.90. The summed E-state index contributed by atoms with van der Waals surface area (Å²) < 4.78 is 36.6. The van der Waals surface area contributed by atoms with Gasteiger partial charge in [-0.1, -0.05) is 12.1 Å². The third-order valence-electron chi connectivity index (χ3n) is 4.65. The summed E-state index contributed by atoms with van der Waals surface area (Å²) in [5.74, 6) is -1.47. The van der Waals surface area contributed by atoms with E-state index in [2.05, 4.69) is 15.0 Å². The Morgan fingerprint density at radius 1 is 1.18 bits per heavy atom. The third-order valence-corrected chi connectivity index (χ3v) is 6.05. The number of nitro groups is 1. The summed E-state index contributed by atoms with van der Waals surface area (Å²) in [5.41, 5.74) is -0.179. The number of ether oxygens (including phenoxy) is 2. The molecule has 0 bridgehead atoms. The summed E-state index contributed by atoms with van der Waals surface area (Å²) in [6, 6.07) is 8.87. The zero-order chi connectivity index (χ0) is 24.3. The number of aliphatic imine (C=N–C) groups is 1. The molecule has 0 radical (unpaired) electrons. The molecule has 2 atom stereocenters. The van der Waals surface area contributed by atoms with Crippen LogP contribution in [0.5, 0.6) is 5.75 Å². The Kier molecular flexibility index (Phi) is 6.62. The van der Waals surface area contributed by atoms with Gasteiger partial charge in [0.1, 0.15) is 23.3 Å². The van der Waals surface area contributed by atoms with Crippen molar-refractivity contribution in [1.82, 2.24) is 4.72 Å². The van der Waals surface area contributed by atoms with E-state index in [4.69, 9.17) is 9.47 Å². The number of carbonyl (C=O) groups is 2. The number of nitrogens with zero attached hydrogens (tertiary/aromatic N) is 2. The lowest BCUT2D eigenvalue weighted by Crippen LogP contribution is -2.34. The van der Waals surface area contributed by atoms with Crippen molar-refractivity contribution < 1.29 is 32.4 Å². The number of methoxy groups -OCH3 is 1. The monoisotopic (exact) mass is 476 g/mol. The molecular formula is C20H20N4O8S. The molecule has 3 rings (SSSR count). The molecule has 2 N–H and O–H groups in total. The van der Waals surface area contributed by atoms with Gasteiger partial charge in [-0.05, 0) is 38.1 Å². The molecule has 0 aliphatic carbocycles. The molecule has 12 nitrogen and oxygen atoms in total. The molecule has 1 heterocycles. The van der Waals surface area contributed by atoms with Gasteiger partial charge < -0.3 is 14.8 Å². The molecule has 2 aromatic rings. The van der Waals surface area contributed by atoms with Crippen molar-refractivity contribution in [1.29, 1.82) is 0 Å². The molecule has 0 saturated carbocycles. The standard InChI is InChI=1S/C20H20N4O8S/c1-11(21-18-14-6-4-5-7-17(14)33(29,30)23-18)20(26)32-12(2)19(25)22-15-9-8-13(31-3)10-16(15)24(27)28/h4-12H,1-3H3,(H,21,23)(H,22,25)/t11-,12?/m0/s1. The fourth-order valence-corrected chi connectivity index (χ4v) is 4.17. The maximum Gasteiger partial charge on any atom is 0.331 e. The van der Waals surface area contributed by atoms with E-state index in [1.165, 1.54) is 39.2 Å². The zero-order valence-electron chi connectivity index (χ0n) is 17.8. The lowest BCUT2D eigenvalue weighted by molar-refractivity contribution is -0.384. The minimum atomic E-state index is -3.77. The number of nitro benzene ring substituents is 1. The molecule has 1 amide bonds. The first-order valence-electron chi connectivity index (χ1n) is 9.57. The van der Waals surface area contributed by atoms with E-state index in [1.54, 1.807) is 18.2 Å². The second-order valence-corrected chi connectivity index (χ2v) is 8.61. The first-order chi connectivity index (χ1) is 15.5. The second-order valence-electron chi connectivity index (χ2n) is 6.96. The zero-order valence-corrected chi connectivity index (χ0v) is 18.6. The summed E-state index contributed by atoms with van der Waals surface area (Å²) in [5, 5.41) is 13.6. The third kappa shape index (κ3) is 5.09. The Hall–Kier alpha value is -4.00. The first-order valence-corrected chi connectivity index (χ1v) is 11.1. The second kappa shape index (κ2) is 9.24. The first kappa shape index (κ1) is 23.7. The van der Waals surface area contributed by atoms with Gasteiger partial charge in [-0.25, -0.2) is 13.2 Å². The van der Waals surface area contributed by atoms with Crippen LogP contribution in [0.3, 0.4) is 0 Å². The minimum Gasteiger partial charge on any atom is -0.496 e. The predicted octanol–water partition coefficient (Wildman–Crippen LogP) is 1.60. The van der Waals surface area contributed by atoms with Crippen LogP contribution in [-0.4, -0.2) is 50.3 Å². The number of anilines is 1. The van der Waals surface area contributed by atoms with Gasteiger partial charge in [-0.2, -0.15) is 0 Å². The summed E-state index contributed by atoms with van der Waals surface area (Å²) in [7, 11) is -2.43. The molecule has 2 aromatic carbocycles. The van der Waals surface area contributed by atoms with Gasteiger partial charge in [0.25, 0.3) is 21.6 Å². The highest BCUT2D eigenvalue weighted by atomic mass is 32.2. The van der Waals surface area contributed by atoms with Crippen LogP contribution in [0.15, 0.2) is 52.4 Å². The van der Waals surface area contributed by atoms with Gasteiger partial charge in [-0.15, -0.1) is 0 Å². The summed E-state index contributed by atoms with van der Waals surface area (Å²) >= 11 is 0. The molecule has 13 heteroatoms. The van der Waals surface area contributed by atoms with E-state index in [9.17, 15) is 28.1 Å². The fraction of sp³-hybridized carbons (Fsp3) is 0.250. The number of amidine groups is 1. The maximum absolute atomic E-state index is 12.4. The van der Waals surface area contributed by atoms with Crippen LogP contribution in [0.1, 0.15) is 19.4 Å². The predicted molar refractivity (Wildman–Crippen MR) is 117 cm³/mol. The van der Waals surface area contributed by atoms with Gasteiger partial charge in [0.2, 0.25) is 0 Å². The fourth-order valence-electron chi connectivity index (χ4n) is 2.93. The van der Waals surface area contributed by atoms with Gasteiger partial charge in [0.05, 0.1) is 23.0 Å². The number of sulfonamides is 1. The Morgan fingerprint density at radius 2 is 1.88 bits per heavy atom. The molecular weight excluding hydrogens is 456 g/mol. The number of hydrogen-bond acceptors (Lipinski definition) is 9. The van der Waals surface area contributed by atoms with Crippen LogP contribution >= 0.6 is 0 Å². The lowest BCUT2D eigenvalue weighted by Gasteiger charge is -2.15. The number of carbonyl (C=O) groups excluding carboxylic acids is 2. The molecule has 174 valence electrons. The summed E-state index contributed by atoms with van der Waals surface area (Å²) in [6.07, 6.45) is -1.31. The molecule has 1 aliphatic rings. The van der Waals surface area contributed by atoms with Gasteiger partial charge in [-0.3, -0.25) is 24.6 Å². The number of rotatable bonds is 7. The van der Waals surface area contributed by atoms with Gasteiger partial charge in [0.15, 0.2) is 6.10 Å². The average molecular weight is 476 g/mol. The Morgan fingerprint density at radius 3 is 2.55 bits per heavy atom. The maximum atomic E-state index is 12.4. The number of amides is 1. The quantitative estimate of drug-likeness (QED) is 0.345. The minimum absolute atomic E-state index is 0.0130. The van der Waals surface area contributed by atoms with E-state index >= 15 is 0 Å². The Labute approximate surface area is 188 Å². The van der Waals surface area contributed by atoms with Crippen LogP contribution in [-0.2, 0) is 24.3 Å². The lowest BCUT2D eigenvalue weighted by atomic mass is 10.2. The summed E-state index contributed by atoms with van der Waals surface area (Å²) in [4.78, 5) is 39.5. The van der Waals surface area contributed by atoms with E-state index in [1.807, 2.05) is 0 Å². The normalized spacial score (nSPS) is 16.8. The van der Waals surface area contributed by atoms with Crippen molar-refractivity contribution in [3.05, 3.63) is 58.1 Å². The Balaban J connectivity index is 1.69. The van der Waals surface area contributed by atoms with Crippen LogP contribution in [0.25, 0.3) is 0 Å². The molecule has 0 spiro atoms. The largest absolute Gasteiger partial charge is 0.496 e. The SMILES string of the molecule is COc1ccc(NC(=O)C(C)OC(=O)[C@H](C)N=C2NS(=O)(=O)c3ccccc32)c([N+](=O)[O-])c1. The molecule has 1 unspecified atom stereocenters. The van der Waals surface area contributed by atoms with Gasteiger partial charge >= 0.3 is 5.97 Å².